The largest absolute Gasteiger partial charge is 0.325 e. The van der Waals surface area contributed by atoms with E-state index in [1.165, 1.54) is 11.1 Å². The fourth-order valence-corrected chi connectivity index (χ4v) is 3.82. The SMILES string of the molecule is O=C(CN1CC=C(c2ccccc2)CC1)Nc1ccc(N2CCCC2=O)cc1. The smallest absolute Gasteiger partial charge is 0.238 e. The lowest BCUT2D eigenvalue weighted by Crippen LogP contribution is -2.36. The van der Waals surface area contributed by atoms with Gasteiger partial charge in [-0.05, 0) is 48.2 Å². The van der Waals surface area contributed by atoms with Gasteiger partial charge in [-0.2, -0.15) is 0 Å². The number of anilines is 2. The minimum atomic E-state index is -0.0124. The second kappa shape index (κ2) is 8.40. The van der Waals surface area contributed by atoms with Gasteiger partial charge in [0.2, 0.25) is 11.8 Å². The number of benzene rings is 2. The lowest BCUT2D eigenvalue weighted by atomic mass is 10.00. The van der Waals surface area contributed by atoms with Gasteiger partial charge in [-0.15, -0.1) is 0 Å². The van der Waals surface area contributed by atoms with Crippen LogP contribution in [0.15, 0.2) is 60.7 Å². The lowest BCUT2D eigenvalue weighted by molar-refractivity contribution is -0.118. The fourth-order valence-electron chi connectivity index (χ4n) is 3.82. The van der Waals surface area contributed by atoms with E-state index >= 15 is 0 Å². The number of nitrogens with zero attached hydrogens (tertiary/aromatic N) is 2. The normalized spacial score (nSPS) is 17.5. The summed E-state index contributed by atoms with van der Waals surface area (Å²) in [5.74, 6) is 0.159. The molecular formula is C23H25N3O2. The van der Waals surface area contributed by atoms with E-state index in [2.05, 4.69) is 40.6 Å². The fraction of sp³-hybridized carbons (Fsp3) is 0.304. The molecule has 2 aromatic rings. The number of nitrogens with one attached hydrogen (secondary N) is 1. The van der Waals surface area contributed by atoms with Crippen LogP contribution in [0.2, 0.25) is 0 Å². The first-order valence-corrected chi connectivity index (χ1v) is 9.86. The molecule has 0 bridgehead atoms. The summed E-state index contributed by atoms with van der Waals surface area (Å²) in [4.78, 5) is 28.2. The average Bonchev–Trinajstić information content (AvgIpc) is 3.16. The summed E-state index contributed by atoms with van der Waals surface area (Å²) in [7, 11) is 0. The van der Waals surface area contributed by atoms with Crippen LogP contribution in [0.25, 0.3) is 5.57 Å². The Hall–Kier alpha value is -2.92. The van der Waals surface area contributed by atoms with Crippen molar-refractivity contribution >= 4 is 28.8 Å². The Labute approximate surface area is 165 Å². The van der Waals surface area contributed by atoms with Crippen molar-refractivity contribution in [3.8, 4) is 0 Å². The van der Waals surface area contributed by atoms with Crippen molar-refractivity contribution in [3.05, 3.63) is 66.2 Å². The van der Waals surface area contributed by atoms with E-state index in [1.807, 2.05) is 30.3 Å². The first kappa shape index (κ1) is 18.4. The second-order valence-corrected chi connectivity index (χ2v) is 7.32. The quantitative estimate of drug-likeness (QED) is 0.870. The maximum atomic E-state index is 12.4. The average molecular weight is 375 g/mol. The number of rotatable bonds is 5. The standard InChI is InChI=1S/C23H25N3O2/c27-22(17-25-15-12-19(13-16-25)18-5-2-1-3-6-18)24-20-8-10-21(11-9-20)26-14-4-7-23(26)28/h1-3,5-6,8-12H,4,7,13-17H2,(H,24,27). The third-order valence-electron chi connectivity index (χ3n) is 5.34. The number of carbonyl (C=O) groups is 2. The van der Waals surface area contributed by atoms with Gasteiger partial charge in [-0.25, -0.2) is 0 Å². The number of amides is 2. The molecule has 1 fully saturated rings. The molecule has 4 rings (SSSR count). The van der Waals surface area contributed by atoms with Crippen molar-refractivity contribution in [1.29, 1.82) is 0 Å². The van der Waals surface area contributed by atoms with Gasteiger partial charge in [-0.1, -0.05) is 36.4 Å². The zero-order valence-corrected chi connectivity index (χ0v) is 15.9. The summed E-state index contributed by atoms with van der Waals surface area (Å²) in [6.07, 6.45) is 4.70. The molecular weight excluding hydrogens is 350 g/mol. The molecule has 144 valence electrons. The highest BCUT2D eigenvalue weighted by molar-refractivity contribution is 5.96. The highest BCUT2D eigenvalue weighted by Crippen LogP contribution is 2.24. The van der Waals surface area contributed by atoms with Gasteiger partial charge in [0.25, 0.3) is 0 Å². The van der Waals surface area contributed by atoms with Crippen molar-refractivity contribution in [1.82, 2.24) is 4.90 Å². The van der Waals surface area contributed by atoms with Gasteiger partial charge in [0.05, 0.1) is 6.54 Å². The first-order valence-electron chi connectivity index (χ1n) is 9.86. The predicted molar refractivity (Wildman–Crippen MR) is 112 cm³/mol. The molecule has 5 heteroatoms. The maximum Gasteiger partial charge on any atom is 0.238 e. The minimum absolute atomic E-state index is 0.0124. The second-order valence-electron chi connectivity index (χ2n) is 7.32. The van der Waals surface area contributed by atoms with E-state index in [1.54, 1.807) is 4.90 Å². The Morgan fingerprint density at radius 3 is 2.39 bits per heavy atom. The summed E-state index contributed by atoms with van der Waals surface area (Å²) in [5.41, 5.74) is 4.28. The van der Waals surface area contributed by atoms with Crippen LogP contribution < -0.4 is 10.2 Å². The summed E-state index contributed by atoms with van der Waals surface area (Å²) in [6.45, 7) is 2.82. The molecule has 0 saturated carbocycles. The zero-order valence-electron chi connectivity index (χ0n) is 15.9. The summed E-state index contributed by atoms with van der Waals surface area (Å²) in [5, 5.41) is 2.96. The molecule has 2 aliphatic heterocycles. The molecule has 1 saturated heterocycles. The molecule has 0 aliphatic carbocycles. The van der Waals surface area contributed by atoms with Crippen LogP contribution in [-0.2, 0) is 9.59 Å². The van der Waals surface area contributed by atoms with Crippen LogP contribution in [0.1, 0.15) is 24.8 Å². The third-order valence-corrected chi connectivity index (χ3v) is 5.34. The molecule has 5 nitrogen and oxygen atoms in total. The maximum absolute atomic E-state index is 12.4. The third kappa shape index (κ3) is 4.31. The summed E-state index contributed by atoms with van der Waals surface area (Å²) >= 11 is 0. The van der Waals surface area contributed by atoms with Crippen molar-refractivity contribution in [2.75, 3.05) is 36.4 Å². The molecule has 0 atom stereocenters. The van der Waals surface area contributed by atoms with Crippen LogP contribution in [-0.4, -0.2) is 42.9 Å². The van der Waals surface area contributed by atoms with E-state index in [0.29, 0.717) is 13.0 Å². The van der Waals surface area contributed by atoms with Gasteiger partial charge in [0, 0.05) is 37.4 Å². The Bertz CT molecular complexity index is 874. The van der Waals surface area contributed by atoms with Crippen molar-refractivity contribution < 1.29 is 9.59 Å². The molecule has 1 N–H and O–H groups in total. The van der Waals surface area contributed by atoms with E-state index in [-0.39, 0.29) is 11.8 Å². The number of carbonyl (C=O) groups excluding carboxylic acids is 2. The van der Waals surface area contributed by atoms with Crippen LogP contribution in [0.3, 0.4) is 0 Å². The highest BCUT2D eigenvalue weighted by Gasteiger charge is 2.21. The number of hydrogen-bond donors (Lipinski definition) is 1. The Kier molecular flexibility index (Phi) is 5.53. The van der Waals surface area contributed by atoms with Crippen LogP contribution >= 0.6 is 0 Å². The topological polar surface area (TPSA) is 52.7 Å². The number of hydrogen-bond acceptors (Lipinski definition) is 3. The van der Waals surface area contributed by atoms with Crippen molar-refractivity contribution in [3.63, 3.8) is 0 Å². The zero-order chi connectivity index (χ0) is 19.3. The molecule has 0 radical (unpaired) electrons. The monoisotopic (exact) mass is 375 g/mol. The van der Waals surface area contributed by atoms with Crippen molar-refractivity contribution in [2.24, 2.45) is 0 Å². The molecule has 2 amide bonds. The van der Waals surface area contributed by atoms with E-state index < -0.39 is 0 Å². The highest BCUT2D eigenvalue weighted by atomic mass is 16.2. The van der Waals surface area contributed by atoms with Crippen LogP contribution in [0.5, 0.6) is 0 Å². The van der Waals surface area contributed by atoms with Crippen LogP contribution in [0.4, 0.5) is 11.4 Å². The van der Waals surface area contributed by atoms with E-state index in [9.17, 15) is 9.59 Å². The molecule has 28 heavy (non-hydrogen) atoms. The van der Waals surface area contributed by atoms with Gasteiger partial charge >= 0.3 is 0 Å². The summed E-state index contributed by atoms with van der Waals surface area (Å²) in [6, 6.07) is 17.9. The Balaban J connectivity index is 1.29. The van der Waals surface area contributed by atoms with Gasteiger partial charge < -0.3 is 10.2 Å². The molecule has 0 spiro atoms. The van der Waals surface area contributed by atoms with Gasteiger partial charge in [0.15, 0.2) is 0 Å². The minimum Gasteiger partial charge on any atom is -0.325 e. The van der Waals surface area contributed by atoms with E-state index in [0.717, 1.165) is 43.9 Å². The van der Waals surface area contributed by atoms with E-state index in [4.69, 9.17) is 0 Å². The Morgan fingerprint density at radius 1 is 0.964 bits per heavy atom. The molecule has 2 aliphatic rings. The molecule has 2 aromatic carbocycles. The lowest BCUT2D eigenvalue weighted by Gasteiger charge is -2.26. The molecule has 0 unspecified atom stereocenters. The van der Waals surface area contributed by atoms with Gasteiger partial charge in [-0.3, -0.25) is 14.5 Å². The molecule has 0 aromatic heterocycles. The van der Waals surface area contributed by atoms with Crippen LogP contribution in [0, 0.1) is 0 Å². The predicted octanol–water partition coefficient (Wildman–Crippen LogP) is 3.54. The Morgan fingerprint density at radius 2 is 1.75 bits per heavy atom. The van der Waals surface area contributed by atoms with Gasteiger partial charge in [0.1, 0.15) is 0 Å². The molecule has 2 heterocycles. The summed E-state index contributed by atoms with van der Waals surface area (Å²) < 4.78 is 0. The first-order chi connectivity index (χ1) is 13.7. The van der Waals surface area contributed by atoms with Crippen molar-refractivity contribution in [2.45, 2.75) is 19.3 Å².